The molecule has 0 radical (unpaired) electrons. The summed E-state index contributed by atoms with van der Waals surface area (Å²) in [4.78, 5) is 28.0. The Morgan fingerprint density at radius 3 is 2.24 bits per heavy atom. The molecule has 12 heteroatoms. The Kier molecular flexibility index (Phi) is 10.7. The molecule has 42 heavy (non-hydrogen) atoms. The molecule has 226 valence electrons. The highest BCUT2D eigenvalue weighted by molar-refractivity contribution is 7.92. The fourth-order valence-corrected chi connectivity index (χ4v) is 5.84. The van der Waals surface area contributed by atoms with Crippen molar-refractivity contribution in [3.05, 3.63) is 94.5 Å². The number of amides is 2. The number of hydrogen-bond donors (Lipinski definition) is 1. The summed E-state index contributed by atoms with van der Waals surface area (Å²) < 4.78 is 69.4. The summed E-state index contributed by atoms with van der Waals surface area (Å²) in [5.74, 6) is -1.24. The molecule has 0 spiro atoms. The summed E-state index contributed by atoms with van der Waals surface area (Å²) in [6, 6.07) is 15.7. The third-order valence-corrected chi connectivity index (χ3v) is 8.87. The minimum absolute atomic E-state index is 0.0384. The Balaban J connectivity index is 2.11. The van der Waals surface area contributed by atoms with Gasteiger partial charge in [0.25, 0.3) is 10.0 Å². The van der Waals surface area contributed by atoms with Gasteiger partial charge < -0.3 is 10.2 Å². The fraction of sp³-hybridized carbons (Fsp3) is 0.333. The number of sulfonamides is 1. The Labute approximate surface area is 249 Å². The minimum atomic E-state index is -4.88. The number of nitrogens with one attached hydrogen (secondary N) is 1. The van der Waals surface area contributed by atoms with Gasteiger partial charge in [0.05, 0.1) is 21.2 Å². The number of benzene rings is 3. The molecule has 0 unspecified atom stereocenters. The van der Waals surface area contributed by atoms with Crippen LogP contribution in [0.25, 0.3) is 0 Å². The molecular formula is C30H33ClF3N3O4S. The summed E-state index contributed by atoms with van der Waals surface area (Å²) in [5.41, 5.74) is -0.0583. The first kappa shape index (κ1) is 32.9. The molecule has 0 aliphatic heterocycles. The van der Waals surface area contributed by atoms with Gasteiger partial charge in [0, 0.05) is 12.6 Å². The van der Waals surface area contributed by atoms with Gasteiger partial charge in [-0.3, -0.25) is 13.9 Å². The quantitative estimate of drug-likeness (QED) is 0.276. The summed E-state index contributed by atoms with van der Waals surface area (Å²) in [6.45, 7) is 6.17. The van der Waals surface area contributed by atoms with E-state index in [9.17, 15) is 31.2 Å². The van der Waals surface area contributed by atoms with Crippen LogP contribution in [0.3, 0.4) is 0 Å². The Morgan fingerprint density at radius 1 is 0.976 bits per heavy atom. The van der Waals surface area contributed by atoms with Crippen LogP contribution in [0.15, 0.2) is 77.7 Å². The zero-order valence-electron chi connectivity index (χ0n) is 23.7. The zero-order chi connectivity index (χ0) is 31.2. The molecule has 7 nitrogen and oxygen atoms in total. The molecule has 2 atom stereocenters. The molecule has 0 aromatic heterocycles. The van der Waals surface area contributed by atoms with Crippen molar-refractivity contribution in [2.24, 2.45) is 0 Å². The van der Waals surface area contributed by atoms with E-state index in [2.05, 4.69) is 5.32 Å². The number of hydrogen-bond acceptors (Lipinski definition) is 4. The highest BCUT2D eigenvalue weighted by Crippen LogP contribution is 2.38. The molecule has 0 heterocycles. The lowest BCUT2D eigenvalue weighted by Crippen LogP contribution is -2.52. The van der Waals surface area contributed by atoms with E-state index in [1.54, 1.807) is 18.2 Å². The second-order valence-electron chi connectivity index (χ2n) is 9.99. The predicted molar refractivity (Wildman–Crippen MR) is 157 cm³/mol. The van der Waals surface area contributed by atoms with Crippen LogP contribution in [0.4, 0.5) is 18.9 Å². The molecule has 0 aliphatic carbocycles. The molecule has 1 N–H and O–H groups in total. The highest BCUT2D eigenvalue weighted by atomic mass is 35.5. The molecule has 3 aromatic rings. The van der Waals surface area contributed by atoms with Gasteiger partial charge >= 0.3 is 6.18 Å². The number of rotatable bonds is 11. The lowest BCUT2D eigenvalue weighted by atomic mass is 10.1. The van der Waals surface area contributed by atoms with Crippen LogP contribution in [0.2, 0.25) is 5.02 Å². The molecule has 0 saturated heterocycles. The average molecular weight is 624 g/mol. The van der Waals surface area contributed by atoms with E-state index >= 15 is 0 Å². The summed E-state index contributed by atoms with van der Waals surface area (Å²) >= 11 is 5.80. The monoisotopic (exact) mass is 623 g/mol. The zero-order valence-corrected chi connectivity index (χ0v) is 25.2. The topological polar surface area (TPSA) is 86.8 Å². The normalized spacial score (nSPS) is 13.2. The second-order valence-corrected chi connectivity index (χ2v) is 12.3. The smallest absolute Gasteiger partial charge is 0.352 e. The standard InChI is InChI=1S/C30H33ClF3N3O4S/c1-5-21(3)35-29(39)22(4)36(18-23-11-9-10-20(2)16-23)28(38)19-37(42(40,41)25-12-7-6-8-13-25)24-14-15-27(31)26(17-24)30(32,33)34/h6-17,21-22H,5,18-19H2,1-4H3,(H,35,39)/t21-,22-/m0/s1. The summed E-state index contributed by atoms with van der Waals surface area (Å²) in [7, 11) is -4.53. The van der Waals surface area contributed by atoms with Crippen LogP contribution in [-0.4, -0.2) is 43.8 Å². The lowest BCUT2D eigenvalue weighted by molar-refractivity contribution is -0.139. The predicted octanol–water partition coefficient (Wildman–Crippen LogP) is 6.19. The number of carbonyl (C=O) groups excluding carboxylic acids is 2. The molecular weight excluding hydrogens is 591 g/mol. The van der Waals surface area contributed by atoms with Crippen molar-refractivity contribution in [3.8, 4) is 0 Å². The SMILES string of the molecule is CC[C@H](C)NC(=O)[C@H](C)N(Cc1cccc(C)c1)C(=O)CN(c1ccc(Cl)c(C(F)(F)F)c1)S(=O)(=O)c1ccccc1. The summed E-state index contributed by atoms with van der Waals surface area (Å²) in [6.07, 6.45) is -4.23. The fourth-order valence-electron chi connectivity index (χ4n) is 4.19. The maximum Gasteiger partial charge on any atom is 0.417 e. The number of alkyl halides is 3. The van der Waals surface area contributed by atoms with Gasteiger partial charge in [-0.05, 0) is 63.1 Å². The number of aryl methyl sites for hydroxylation is 1. The maximum atomic E-state index is 13.9. The van der Waals surface area contributed by atoms with Crippen LogP contribution < -0.4 is 9.62 Å². The van der Waals surface area contributed by atoms with Gasteiger partial charge in [-0.2, -0.15) is 13.2 Å². The van der Waals surface area contributed by atoms with Crippen molar-refractivity contribution in [2.75, 3.05) is 10.8 Å². The second kappa shape index (κ2) is 13.6. The van der Waals surface area contributed by atoms with Gasteiger partial charge in [0.15, 0.2) is 0 Å². The largest absolute Gasteiger partial charge is 0.417 e. The number of nitrogens with zero attached hydrogens (tertiary/aromatic N) is 2. The molecule has 0 bridgehead atoms. The number of carbonyl (C=O) groups is 2. The third kappa shape index (κ3) is 8.04. The van der Waals surface area contributed by atoms with Crippen molar-refractivity contribution in [1.29, 1.82) is 0 Å². The van der Waals surface area contributed by atoms with Gasteiger partial charge in [0.1, 0.15) is 12.6 Å². The van der Waals surface area contributed by atoms with E-state index in [1.807, 2.05) is 32.9 Å². The Morgan fingerprint density at radius 2 is 1.64 bits per heavy atom. The van der Waals surface area contributed by atoms with Crippen molar-refractivity contribution in [2.45, 2.75) is 63.8 Å². The van der Waals surface area contributed by atoms with Crippen molar-refractivity contribution >= 4 is 39.1 Å². The van der Waals surface area contributed by atoms with E-state index in [0.717, 1.165) is 17.7 Å². The molecule has 2 amide bonds. The van der Waals surface area contributed by atoms with Gasteiger partial charge in [0.2, 0.25) is 11.8 Å². The van der Waals surface area contributed by atoms with E-state index in [-0.39, 0.29) is 17.5 Å². The van der Waals surface area contributed by atoms with Gasteiger partial charge in [-0.25, -0.2) is 8.42 Å². The Bertz CT molecular complexity index is 1520. The molecule has 0 saturated carbocycles. The van der Waals surface area contributed by atoms with Gasteiger partial charge in [-0.15, -0.1) is 0 Å². The van der Waals surface area contributed by atoms with Crippen LogP contribution in [0.5, 0.6) is 0 Å². The first-order valence-electron chi connectivity index (χ1n) is 13.2. The van der Waals surface area contributed by atoms with E-state index in [0.29, 0.717) is 22.4 Å². The van der Waals surface area contributed by atoms with Crippen molar-refractivity contribution in [3.63, 3.8) is 0 Å². The Hall–Kier alpha value is -3.57. The van der Waals surface area contributed by atoms with Crippen molar-refractivity contribution in [1.82, 2.24) is 10.2 Å². The first-order valence-corrected chi connectivity index (χ1v) is 15.1. The van der Waals surface area contributed by atoms with Crippen LogP contribution >= 0.6 is 11.6 Å². The molecule has 0 fully saturated rings. The van der Waals surface area contributed by atoms with E-state index in [1.165, 1.54) is 36.1 Å². The number of halogens is 4. The van der Waals surface area contributed by atoms with E-state index in [4.69, 9.17) is 11.6 Å². The van der Waals surface area contributed by atoms with Gasteiger partial charge in [-0.1, -0.05) is 66.6 Å². The van der Waals surface area contributed by atoms with Crippen LogP contribution in [-0.2, 0) is 32.3 Å². The lowest BCUT2D eigenvalue weighted by Gasteiger charge is -2.32. The molecule has 0 aliphatic rings. The molecule has 3 rings (SSSR count). The first-order chi connectivity index (χ1) is 19.6. The van der Waals surface area contributed by atoms with E-state index < -0.39 is 56.9 Å². The minimum Gasteiger partial charge on any atom is -0.352 e. The number of anilines is 1. The van der Waals surface area contributed by atoms with Crippen LogP contribution in [0, 0.1) is 6.92 Å². The average Bonchev–Trinajstić information content (AvgIpc) is 2.94. The molecule has 3 aromatic carbocycles. The summed E-state index contributed by atoms with van der Waals surface area (Å²) in [5, 5.41) is 2.21. The highest BCUT2D eigenvalue weighted by Gasteiger charge is 2.37. The van der Waals surface area contributed by atoms with Crippen LogP contribution in [0.1, 0.15) is 43.9 Å². The maximum absolute atomic E-state index is 13.9. The van der Waals surface area contributed by atoms with Crippen molar-refractivity contribution < 1.29 is 31.2 Å². The third-order valence-electron chi connectivity index (χ3n) is 6.76.